The molecule has 0 saturated carbocycles. The predicted molar refractivity (Wildman–Crippen MR) is 43.8 cm³/mol. The molecule has 0 fully saturated rings. The Morgan fingerprint density at radius 3 is 2.30 bits per heavy atom. The van der Waals surface area contributed by atoms with Crippen LogP contribution in [0.25, 0.3) is 0 Å². The lowest BCUT2D eigenvalue weighted by atomic mass is 10.4. The van der Waals surface area contributed by atoms with Crippen molar-refractivity contribution in [2.75, 3.05) is 26.2 Å². The summed E-state index contributed by atoms with van der Waals surface area (Å²) in [6.07, 6.45) is 0.950. The Labute approximate surface area is 63.0 Å². The van der Waals surface area contributed by atoms with Crippen molar-refractivity contribution in [2.45, 2.75) is 20.3 Å². The molecule has 10 heavy (non-hydrogen) atoms. The van der Waals surface area contributed by atoms with Gasteiger partial charge in [0, 0.05) is 0 Å². The number of hydroxylamine groups is 1. The van der Waals surface area contributed by atoms with Crippen molar-refractivity contribution >= 4 is 0 Å². The zero-order chi connectivity index (χ0) is 7.82. The maximum absolute atomic E-state index is 9.82. The zero-order valence-electron chi connectivity index (χ0n) is 6.89. The average molecular weight is 145 g/mol. The fourth-order valence-corrected chi connectivity index (χ4v) is 0.915. The first-order chi connectivity index (χ1) is 4.85. The van der Waals surface area contributed by atoms with Crippen LogP contribution >= 0.6 is 0 Å². The third-order valence-corrected chi connectivity index (χ3v) is 1.65. The third-order valence-electron chi connectivity index (χ3n) is 1.65. The number of hydrogen-bond acceptors (Lipinski definition) is 3. The number of nitrogens with zero attached hydrogens (tertiary/aromatic N) is 1. The molecule has 0 aliphatic heterocycles. The van der Waals surface area contributed by atoms with Crippen LogP contribution < -0.4 is 5.48 Å². The van der Waals surface area contributed by atoms with Crippen molar-refractivity contribution in [2.24, 2.45) is 0 Å². The first kappa shape index (κ1) is 9.88. The zero-order valence-corrected chi connectivity index (χ0v) is 6.89. The Kier molecular flexibility index (Phi) is 6.91. The van der Waals surface area contributed by atoms with E-state index in [2.05, 4.69) is 18.7 Å². The molecule has 0 bridgehead atoms. The predicted octanol–water partition coefficient (Wildman–Crippen LogP) is 0.806. The molecular weight excluding hydrogens is 128 g/mol. The van der Waals surface area contributed by atoms with Crippen molar-refractivity contribution in [1.29, 1.82) is 0 Å². The second-order valence-corrected chi connectivity index (χ2v) is 2.27. The van der Waals surface area contributed by atoms with E-state index in [4.69, 9.17) is 0 Å². The molecule has 62 valence electrons. The van der Waals surface area contributed by atoms with Gasteiger partial charge in [-0.2, -0.15) is 0 Å². The summed E-state index contributed by atoms with van der Waals surface area (Å²) in [5.41, 5.74) is 1.89. The molecule has 0 aromatic carbocycles. The fourth-order valence-electron chi connectivity index (χ4n) is 0.915. The smallest absolute Gasteiger partial charge is 0.000718 e. The van der Waals surface area contributed by atoms with E-state index in [1.54, 1.807) is 0 Å². The van der Waals surface area contributed by atoms with E-state index in [0.717, 1.165) is 26.1 Å². The van der Waals surface area contributed by atoms with Gasteiger partial charge in [0.25, 0.3) is 0 Å². The third kappa shape index (κ3) is 4.73. The lowest BCUT2D eigenvalue weighted by Crippen LogP contribution is -2.25. The summed E-state index contributed by atoms with van der Waals surface area (Å²) < 4.78 is 0. The molecule has 0 aliphatic carbocycles. The van der Waals surface area contributed by atoms with Gasteiger partial charge in [-0.15, -0.1) is 0 Å². The molecule has 0 atom stereocenters. The maximum Gasteiger partial charge on any atom is -0.000718 e. The molecule has 0 saturated heterocycles. The first-order valence-electron chi connectivity index (χ1n) is 3.92. The molecule has 3 nitrogen and oxygen atoms in total. The van der Waals surface area contributed by atoms with Crippen molar-refractivity contribution in [1.82, 2.24) is 10.4 Å². The van der Waals surface area contributed by atoms with Crippen LogP contribution in [0.15, 0.2) is 0 Å². The van der Waals surface area contributed by atoms with Crippen LogP contribution in [0.2, 0.25) is 0 Å². The minimum atomic E-state index is 0.580. The van der Waals surface area contributed by atoms with E-state index in [1.807, 2.05) is 5.48 Å². The molecule has 1 N–H and O–H groups in total. The van der Waals surface area contributed by atoms with Gasteiger partial charge in [0.1, 0.15) is 0 Å². The SMILES string of the molecule is CCN(CC)CCCN[O-]. The molecule has 3 heteroatoms. The van der Waals surface area contributed by atoms with E-state index >= 15 is 0 Å². The number of nitrogens with one attached hydrogen (secondary N) is 1. The maximum atomic E-state index is 9.82. The Morgan fingerprint density at radius 1 is 1.30 bits per heavy atom. The Balaban J connectivity index is 3.09. The minimum absolute atomic E-state index is 0.580. The van der Waals surface area contributed by atoms with E-state index in [0.29, 0.717) is 6.54 Å². The Morgan fingerprint density at radius 2 is 1.90 bits per heavy atom. The van der Waals surface area contributed by atoms with E-state index < -0.39 is 0 Å². The van der Waals surface area contributed by atoms with Crippen LogP contribution in [-0.2, 0) is 0 Å². The van der Waals surface area contributed by atoms with Crippen molar-refractivity contribution in [3.8, 4) is 0 Å². The summed E-state index contributed by atoms with van der Waals surface area (Å²) in [7, 11) is 0. The van der Waals surface area contributed by atoms with Crippen LogP contribution in [0.5, 0.6) is 0 Å². The molecular formula is C7H17N2O-. The lowest BCUT2D eigenvalue weighted by molar-refractivity contribution is 0.300. The Hall–Kier alpha value is -0.120. The van der Waals surface area contributed by atoms with Crippen LogP contribution in [0.1, 0.15) is 20.3 Å². The largest absolute Gasteiger partial charge is 0.788 e. The summed E-state index contributed by atoms with van der Waals surface area (Å²) in [4.78, 5) is 2.30. The minimum Gasteiger partial charge on any atom is -0.788 e. The van der Waals surface area contributed by atoms with Crippen LogP contribution in [0.3, 0.4) is 0 Å². The molecule has 0 aliphatic rings. The first-order valence-corrected chi connectivity index (χ1v) is 3.92. The summed E-state index contributed by atoms with van der Waals surface area (Å²) in [6, 6.07) is 0. The number of rotatable bonds is 6. The van der Waals surface area contributed by atoms with Gasteiger partial charge in [-0.25, -0.2) is 0 Å². The van der Waals surface area contributed by atoms with Gasteiger partial charge in [0.15, 0.2) is 0 Å². The highest BCUT2D eigenvalue weighted by Gasteiger charge is 1.95. The highest BCUT2D eigenvalue weighted by Crippen LogP contribution is 1.88. The van der Waals surface area contributed by atoms with Gasteiger partial charge >= 0.3 is 0 Å². The van der Waals surface area contributed by atoms with E-state index in [-0.39, 0.29) is 0 Å². The highest BCUT2D eigenvalue weighted by atomic mass is 16.5. The molecule has 0 radical (unpaired) electrons. The van der Waals surface area contributed by atoms with Crippen LogP contribution in [0, 0.1) is 5.21 Å². The average Bonchev–Trinajstić information content (AvgIpc) is 1.99. The second-order valence-electron chi connectivity index (χ2n) is 2.27. The van der Waals surface area contributed by atoms with Gasteiger partial charge in [0.2, 0.25) is 0 Å². The molecule has 0 amide bonds. The van der Waals surface area contributed by atoms with Gasteiger partial charge in [-0.3, -0.25) is 0 Å². The normalized spacial score (nSPS) is 10.8. The van der Waals surface area contributed by atoms with Crippen LogP contribution in [0.4, 0.5) is 0 Å². The van der Waals surface area contributed by atoms with Crippen molar-refractivity contribution < 1.29 is 0 Å². The van der Waals surface area contributed by atoms with Gasteiger partial charge in [0.05, 0.1) is 0 Å². The molecule has 0 aromatic heterocycles. The molecule has 0 unspecified atom stereocenters. The quantitative estimate of drug-likeness (QED) is 0.444. The summed E-state index contributed by atoms with van der Waals surface area (Å²) in [6.45, 7) is 8.03. The highest BCUT2D eigenvalue weighted by molar-refractivity contribution is 4.53. The van der Waals surface area contributed by atoms with Crippen LogP contribution in [-0.4, -0.2) is 31.1 Å². The molecule has 0 aromatic rings. The summed E-state index contributed by atoms with van der Waals surface area (Å²) in [5, 5.41) is 9.82. The molecule has 0 heterocycles. The second kappa shape index (κ2) is 6.99. The van der Waals surface area contributed by atoms with E-state index in [9.17, 15) is 5.21 Å². The Bertz CT molecular complexity index is 64.6. The lowest BCUT2D eigenvalue weighted by Gasteiger charge is -2.18. The van der Waals surface area contributed by atoms with Gasteiger partial charge in [-0.1, -0.05) is 13.8 Å². The summed E-state index contributed by atoms with van der Waals surface area (Å²) >= 11 is 0. The van der Waals surface area contributed by atoms with Gasteiger partial charge in [-0.05, 0) is 32.6 Å². The molecule has 0 rings (SSSR count). The monoisotopic (exact) mass is 145 g/mol. The fraction of sp³-hybridized carbons (Fsp3) is 1.00. The van der Waals surface area contributed by atoms with Crippen molar-refractivity contribution in [3.05, 3.63) is 5.21 Å². The molecule has 0 spiro atoms. The van der Waals surface area contributed by atoms with Gasteiger partial charge < -0.3 is 15.6 Å². The standard InChI is InChI=1S/C7H17N2O/c1-3-9(4-2)7-5-6-8-10/h8H,3-7H2,1-2H3/q-1. The topological polar surface area (TPSA) is 38.3 Å². The van der Waals surface area contributed by atoms with E-state index in [1.165, 1.54) is 0 Å². The number of hydrogen-bond donors (Lipinski definition) is 1. The van der Waals surface area contributed by atoms with Crippen molar-refractivity contribution in [3.63, 3.8) is 0 Å². The summed E-state index contributed by atoms with van der Waals surface area (Å²) in [5.74, 6) is 0.